The van der Waals surface area contributed by atoms with Gasteiger partial charge in [0.15, 0.2) is 0 Å². The molecule has 0 aliphatic carbocycles. The molecule has 0 fully saturated rings. The Morgan fingerprint density at radius 3 is 2.27 bits per heavy atom. The minimum atomic E-state index is -0.978. The van der Waals surface area contributed by atoms with Crippen LogP contribution in [0.1, 0.15) is 26.3 Å². The van der Waals surface area contributed by atoms with E-state index >= 15 is 0 Å². The first-order chi connectivity index (χ1) is 6.80. The number of benzene rings is 1. The van der Waals surface area contributed by atoms with E-state index in [1.54, 1.807) is 0 Å². The summed E-state index contributed by atoms with van der Waals surface area (Å²) in [4.78, 5) is 0. The molecule has 0 saturated carbocycles. The molecule has 0 amide bonds. The number of rotatable bonds is 2. The molecule has 15 heavy (non-hydrogen) atoms. The Bertz CT molecular complexity index is 340. The summed E-state index contributed by atoms with van der Waals surface area (Å²) >= 11 is 0. The third-order valence-corrected chi connectivity index (χ3v) is 3.97. The van der Waals surface area contributed by atoms with Gasteiger partial charge in [-0.1, -0.05) is 32.9 Å². The van der Waals surface area contributed by atoms with Crippen LogP contribution in [0.2, 0.25) is 13.1 Å². The predicted molar refractivity (Wildman–Crippen MR) is 74.2 cm³/mol. The van der Waals surface area contributed by atoms with Crippen molar-refractivity contribution in [3.63, 3.8) is 0 Å². The van der Waals surface area contributed by atoms with Crippen LogP contribution in [-0.2, 0) is 5.41 Å². The molecule has 1 aromatic carbocycles. The highest BCUT2D eigenvalue weighted by atomic mass is 28.3. The molecule has 1 rings (SSSR count). The lowest BCUT2D eigenvalue weighted by Crippen LogP contribution is -2.20. The van der Waals surface area contributed by atoms with E-state index in [0.717, 1.165) is 16.0 Å². The monoisotopic (exact) mass is 238 g/mol. The second-order valence-electron chi connectivity index (χ2n) is 5.40. The zero-order valence-corrected chi connectivity index (χ0v) is 13.9. The van der Waals surface area contributed by atoms with E-state index in [0.29, 0.717) is 0 Å². The summed E-state index contributed by atoms with van der Waals surface area (Å²) < 4.78 is 5.95. The first-order valence-electron chi connectivity index (χ1n) is 5.58. The summed E-state index contributed by atoms with van der Waals surface area (Å²) in [6.07, 6.45) is 0. The normalized spacial score (nSPS) is 12.1. The summed E-state index contributed by atoms with van der Waals surface area (Å²) in [5.74, 6) is 1.13. The second-order valence-corrected chi connectivity index (χ2v) is 8.81. The quantitative estimate of drug-likeness (QED) is 0.707. The molecule has 0 saturated heterocycles. The van der Waals surface area contributed by atoms with Gasteiger partial charge in [-0.05, 0) is 35.3 Å². The minimum absolute atomic E-state index is 0.214. The first-order valence-corrected chi connectivity index (χ1v) is 9.36. The lowest BCUT2D eigenvalue weighted by Gasteiger charge is -2.21. The van der Waals surface area contributed by atoms with Crippen molar-refractivity contribution in [3.8, 4) is 5.75 Å². The summed E-state index contributed by atoms with van der Waals surface area (Å²) in [7, 11) is 0.0852. The van der Waals surface area contributed by atoms with Crippen molar-refractivity contribution in [1.29, 1.82) is 0 Å². The van der Waals surface area contributed by atoms with Crippen LogP contribution in [0.4, 0.5) is 0 Å². The van der Waals surface area contributed by atoms with Gasteiger partial charge in [-0.2, -0.15) is 0 Å². The maximum atomic E-state index is 5.95. The smallest absolute Gasteiger partial charge is 0.229 e. The van der Waals surface area contributed by atoms with Crippen molar-refractivity contribution in [1.82, 2.24) is 0 Å². The van der Waals surface area contributed by atoms with Crippen LogP contribution in [-0.4, -0.2) is 19.3 Å². The minimum Gasteiger partial charge on any atom is -0.547 e. The Kier molecular flexibility index (Phi) is 3.78. The summed E-state index contributed by atoms with van der Waals surface area (Å²) in [5.41, 5.74) is 1.58. The zero-order valence-electron chi connectivity index (χ0n) is 10.7. The molecular weight excluding hydrogens is 216 g/mol. The molecule has 0 N–H and O–H groups in total. The predicted octanol–water partition coefficient (Wildman–Crippen LogP) is 1.34. The fourth-order valence-electron chi connectivity index (χ4n) is 1.45. The highest BCUT2D eigenvalue weighted by molar-refractivity contribution is 6.50. The van der Waals surface area contributed by atoms with Crippen LogP contribution >= 0.6 is 0 Å². The van der Waals surface area contributed by atoms with Gasteiger partial charge >= 0.3 is 0 Å². The maximum absolute atomic E-state index is 5.95. The van der Waals surface area contributed by atoms with Gasteiger partial charge < -0.3 is 4.43 Å². The Balaban J connectivity index is 3.06. The van der Waals surface area contributed by atoms with Gasteiger partial charge in [-0.25, -0.2) is 0 Å². The largest absolute Gasteiger partial charge is 0.547 e. The molecule has 84 valence electrons. The average Bonchev–Trinajstić information content (AvgIpc) is 2.06. The van der Waals surface area contributed by atoms with Crippen LogP contribution in [0.25, 0.3) is 0 Å². The fraction of sp³-hybridized carbons (Fsp3) is 0.500. The molecule has 0 aromatic heterocycles. The van der Waals surface area contributed by atoms with E-state index in [4.69, 9.17) is 4.43 Å². The number of hydrogen-bond acceptors (Lipinski definition) is 1. The summed E-state index contributed by atoms with van der Waals surface area (Å²) in [6.45, 7) is 11.2. The third kappa shape index (κ3) is 3.50. The van der Waals surface area contributed by atoms with Gasteiger partial charge in [0.25, 0.3) is 0 Å². The molecular formula is C12H22OSi2. The van der Waals surface area contributed by atoms with Gasteiger partial charge in [0, 0.05) is 10.2 Å². The molecule has 0 atom stereocenters. The van der Waals surface area contributed by atoms with Gasteiger partial charge in [0.2, 0.25) is 9.04 Å². The van der Waals surface area contributed by atoms with Gasteiger partial charge in [-0.3, -0.25) is 0 Å². The molecule has 0 radical (unpaired) electrons. The zero-order chi connectivity index (χ0) is 11.6. The van der Waals surface area contributed by atoms with Crippen LogP contribution in [0.5, 0.6) is 5.75 Å². The van der Waals surface area contributed by atoms with Crippen molar-refractivity contribution in [2.45, 2.75) is 39.3 Å². The highest BCUT2D eigenvalue weighted by Gasteiger charge is 2.15. The molecule has 0 unspecified atom stereocenters. The molecule has 0 bridgehead atoms. The standard InChI is InChI=1S/C12H22OSi2/c1-12(2,3)9-6-7-11(14)10(8-9)13-15(4)5/h6-8,15H,1-5,14H3. The van der Waals surface area contributed by atoms with E-state index in [-0.39, 0.29) is 5.41 Å². The second kappa shape index (κ2) is 4.53. The molecule has 0 heterocycles. The van der Waals surface area contributed by atoms with Crippen molar-refractivity contribution in [2.24, 2.45) is 0 Å². The van der Waals surface area contributed by atoms with Crippen molar-refractivity contribution >= 4 is 24.5 Å². The van der Waals surface area contributed by atoms with Gasteiger partial charge in [-0.15, -0.1) is 0 Å². The van der Waals surface area contributed by atoms with E-state index < -0.39 is 9.04 Å². The average molecular weight is 238 g/mol. The highest BCUT2D eigenvalue weighted by Crippen LogP contribution is 2.24. The van der Waals surface area contributed by atoms with Crippen molar-refractivity contribution in [3.05, 3.63) is 23.8 Å². The molecule has 1 nitrogen and oxygen atoms in total. The maximum Gasteiger partial charge on any atom is 0.229 e. The topological polar surface area (TPSA) is 9.23 Å². The Hall–Kier alpha value is -0.546. The van der Waals surface area contributed by atoms with Crippen LogP contribution < -0.4 is 9.61 Å². The van der Waals surface area contributed by atoms with Crippen LogP contribution in [0, 0.1) is 0 Å². The Morgan fingerprint density at radius 1 is 1.20 bits per heavy atom. The summed E-state index contributed by atoms with van der Waals surface area (Å²) in [6, 6.07) is 6.69. The van der Waals surface area contributed by atoms with Crippen molar-refractivity contribution < 1.29 is 4.43 Å². The summed E-state index contributed by atoms with van der Waals surface area (Å²) in [5, 5.41) is 1.38. The van der Waals surface area contributed by atoms with E-state index in [9.17, 15) is 0 Å². The first kappa shape index (κ1) is 12.5. The Labute approximate surface area is 98.0 Å². The van der Waals surface area contributed by atoms with Gasteiger partial charge in [0.1, 0.15) is 5.75 Å². The number of hydrogen-bond donors (Lipinski definition) is 0. The SMILES string of the molecule is C[SiH](C)Oc1cc(C(C)(C)C)ccc1[SiH3]. The van der Waals surface area contributed by atoms with Crippen molar-refractivity contribution in [2.75, 3.05) is 0 Å². The lowest BCUT2D eigenvalue weighted by atomic mass is 9.87. The molecule has 1 aromatic rings. The molecule has 3 heteroatoms. The van der Waals surface area contributed by atoms with Crippen LogP contribution in [0.15, 0.2) is 18.2 Å². The van der Waals surface area contributed by atoms with E-state index in [1.165, 1.54) is 10.8 Å². The third-order valence-electron chi connectivity index (χ3n) is 2.42. The molecule has 0 aliphatic heterocycles. The molecule has 0 spiro atoms. The Morgan fingerprint density at radius 2 is 1.80 bits per heavy atom. The molecule has 0 aliphatic rings. The lowest BCUT2D eigenvalue weighted by molar-refractivity contribution is 0.564. The van der Waals surface area contributed by atoms with Gasteiger partial charge in [0.05, 0.1) is 0 Å². The fourth-order valence-corrected chi connectivity index (χ4v) is 2.87. The van der Waals surface area contributed by atoms with Crippen LogP contribution in [0.3, 0.4) is 0 Å². The van der Waals surface area contributed by atoms with E-state index in [2.05, 4.69) is 52.1 Å². The van der Waals surface area contributed by atoms with E-state index in [1.807, 2.05) is 0 Å².